The van der Waals surface area contributed by atoms with E-state index in [9.17, 15) is 19.1 Å². The van der Waals surface area contributed by atoms with E-state index in [-0.39, 0.29) is 36.2 Å². The molecule has 5 rings (SSSR count). The summed E-state index contributed by atoms with van der Waals surface area (Å²) in [4.78, 5) is 31.9. The third-order valence-electron chi connectivity index (χ3n) is 6.92. The first-order valence-corrected chi connectivity index (χ1v) is 12.0. The summed E-state index contributed by atoms with van der Waals surface area (Å²) in [6.45, 7) is 1.94. The van der Waals surface area contributed by atoms with Crippen LogP contribution in [0.3, 0.4) is 0 Å². The van der Waals surface area contributed by atoms with Crippen molar-refractivity contribution in [3.05, 3.63) is 89.8 Å². The number of benzene rings is 3. The summed E-state index contributed by atoms with van der Waals surface area (Å²) in [6, 6.07) is 15.8. The molecule has 1 aliphatic heterocycles. The third-order valence-corrected chi connectivity index (χ3v) is 6.92. The number of aromatic hydroxyl groups is 1. The first kappa shape index (κ1) is 27.6. The van der Waals surface area contributed by atoms with Crippen LogP contribution in [0.4, 0.5) is 10.1 Å². The highest BCUT2D eigenvalue weighted by atomic mass is 35.5. The van der Waals surface area contributed by atoms with Gasteiger partial charge in [-0.3, -0.25) is 9.59 Å². The van der Waals surface area contributed by atoms with Gasteiger partial charge in [-0.05, 0) is 54.6 Å². The van der Waals surface area contributed by atoms with Gasteiger partial charge in [0, 0.05) is 11.9 Å². The van der Waals surface area contributed by atoms with Crippen molar-refractivity contribution in [2.75, 3.05) is 11.4 Å². The highest BCUT2D eigenvalue weighted by molar-refractivity contribution is 6.08. The average Bonchev–Trinajstić information content (AvgIpc) is 3.50. The number of carbonyl (C=O) groups excluding carboxylic acids is 2. The molecule has 0 saturated carbocycles. The van der Waals surface area contributed by atoms with Crippen molar-refractivity contribution < 1.29 is 19.1 Å². The van der Waals surface area contributed by atoms with Gasteiger partial charge in [-0.25, -0.2) is 9.37 Å². The number of hydrogen-bond donors (Lipinski definition) is 3. The topological polar surface area (TPSA) is 137 Å². The van der Waals surface area contributed by atoms with Gasteiger partial charge < -0.3 is 25.6 Å². The van der Waals surface area contributed by atoms with Crippen LogP contribution < -0.4 is 16.0 Å². The van der Waals surface area contributed by atoms with Crippen molar-refractivity contribution in [3.63, 3.8) is 0 Å². The van der Waals surface area contributed by atoms with Crippen molar-refractivity contribution in [1.29, 1.82) is 5.26 Å². The van der Waals surface area contributed by atoms with E-state index < -0.39 is 23.3 Å². The van der Waals surface area contributed by atoms with Crippen LogP contribution in [-0.2, 0) is 21.7 Å². The van der Waals surface area contributed by atoms with Crippen molar-refractivity contribution in [2.24, 2.45) is 5.73 Å². The van der Waals surface area contributed by atoms with E-state index >= 15 is 0 Å². The maximum atomic E-state index is 14.2. The van der Waals surface area contributed by atoms with Gasteiger partial charge in [0.1, 0.15) is 30.2 Å². The molecule has 1 aromatic heterocycles. The summed E-state index contributed by atoms with van der Waals surface area (Å²) in [5, 5.41) is 23.4. The molecule has 11 heteroatoms. The summed E-state index contributed by atoms with van der Waals surface area (Å²) in [7, 11) is 0. The van der Waals surface area contributed by atoms with Crippen LogP contribution in [0.5, 0.6) is 5.75 Å². The standard InChI is InChI=1S/C28H25FN6O3.ClH/c1-28(31,19-7-5-18(13-30)22(29)11-19)25-14-32-16-34(25)15-26(37)33-23-9-10-35(27(23)38)24-4-2-3-17-6-8-20(36)12-21(17)24;/h2-8,11-12,14,16,23,36H,9-10,15,31H2,1H3,(H,33,37);1H/t23?,28-;/m0./s1. The lowest BCUT2D eigenvalue weighted by Crippen LogP contribution is -2.43. The number of halogens is 2. The Kier molecular flexibility index (Phi) is 7.58. The predicted molar refractivity (Wildman–Crippen MR) is 146 cm³/mol. The zero-order valence-corrected chi connectivity index (χ0v) is 21.8. The second kappa shape index (κ2) is 10.7. The summed E-state index contributed by atoms with van der Waals surface area (Å²) in [5.41, 5.74) is 6.80. The number of phenolic OH excluding ortho intramolecular Hbond substituents is 1. The van der Waals surface area contributed by atoms with Gasteiger partial charge in [-0.15, -0.1) is 12.4 Å². The Morgan fingerprint density at radius 1 is 1.28 bits per heavy atom. The van der Waals surface area contributed by atoms with Gasteiger partial charge in [0.2, 0.25) is 11.8 Å². The van der Waals surface area contributed by atoms with E-state index in [1.165, 1.54) is 24.7 Å². The van der Waals surface area contributed by atoms with Crippen molar-refractivity contribution in [2.45, 2.75) is 31.5 Å². The monoisotopic (exact) mass is 548 g/mol. The maximum Gasteiger partial charge on any atom is 0.249 e. The second-order valence-corrected chi connectivity index (χ2v) is 9.50. The molecular weight excluding hydrogens is 523 g/mol. The molecule has 1 fully saturated rings. The zero-order chi connectivity index (χ0) is 27.0. The summed E-state index contributed by atoms with van der Waals surface area (Å²) in [6.07, 6.45) is 3.38. The molecule has 2 heterocycles. The Morgan fingerprint density at radius 3 is 2.82 bits per heavy atom. The maximum absolute atomic E-state index is 14.2. The fraction of sp³-hybridized carbons (Fsp3) is 0.214. The number of nitrogens with zero attached hydrogens (tertiary/aromatic N) is 4. The molecule has 0 radical (unpaired) electrons. The summed E-state index contributed by atoms with van der Waals surface area (Å²) < 4.78 is 15.8. The molecular formula is C28H26ClFN6O3. The lowest BCUT2D eigenvalue weighted by molar-refractivity contribution is -0.126. The van der Waals surface area contributed by atoms with Crippen molar-refractivity contribution in [3.8, 4) is 11.8 Å². The minimum atomic E-state index is -1.20. The van der Waals surface area contributed by atoms with Crippen LogP contribution >= 0.6 is 12.4 Å². The lowest BCUT2D eigenvalue weighted by atomic mass is 9.89. The molecule has 2 amide bonds. The smallest absolute Gasteiger partial charge is 0.249 e. The first-order valence-electron chi connectivity index (χ1n) is 12.0. The predicted octanol–water partition coefficient (Wildman–Crippen LogP) is 3.32. The molecule has 4 N–H and O–H groups in total. The quantitative estimate of drug-likeness (QED) is 0.338. The third kappa shape index (κ3) is 5.14. The van der Waals surface area contributed by atoms with Crippen molar-refractivity contribution in [1.82, 2.24) is 14.9 Å². The Labute approximate surface area is 230 Å². The van der Waals surface area contributed by atoms with Crippen LogP contribution in [0, 0.1) is 17.1 Å². The number of rotatable bonds is 6. The van der Waals surface area contributed by atoms with Gasteiger partial charge in [0.05, 0.1) is 35.0 Å². The number of phenols is 1. The number of nitrogens with two attached hydrogens (primary N) is 1. The lowest BCUT2D eigenvalue weighted by Gasteiger charge is -2.27. The Morgan fingerprint density at radius 2 is 2.08 bits per heavy atom. The zero-order valence-electron chi connectivity index (χ0n) is 21.0. The number of anilines is 1. The molecule has 1 aliphatic rings. The number of nitrogens with one attached hydrogen (secondary N) is 1. The molecule has 4 aromatic rings. The van der Waals surface area contributed by atoms with E-state index in [0.717, 1.165) is 10.8 Å². The fourth-order valence-electron chi connectivity index (χ4n) is 4.88. The van der Waals surface area contributed by atoms with Crippen LogP contribution in [0.15, 0.2) is 67.1 Å². The SMILES string of the molecule is C[C@](N)(c1ccc(C#N)c(F)c1)c1cncn1CC(=O)NC1CCN(c2cccc3ccc(O)cc23)C1=O.Cl. The van der Waals surface area contributed by atoms with Gasteiger partial charge in [0.25, 0.3) is 0 Å². The van der Waals surface area contributed by atoms with Gasteiger partial charge in [0.15, 0.2) is 0 Å². The van der Waals surface area contributed by atoms with Crippen LogP contribution in [-0.4, -0.2) is 39.1 Å². The normalized spacial score (nSPS) is 16.4. The number of amides is 2. The molecule has 39 heavy (non-hydrogen) atoms. The number of carbonyl (C=O) groups is 2. The summed E-state index contributed by atoms with van der Waals surface area (Å²) >= 11 is 0. The number of hydrogen-bond acceptors (Lipinski definition) is 6. The minimum absolute atomic E-state index is 0. The highest BCUT2D eigenvalue weighted by Crippen LogP contribution is 2.32. The van der Waals surface area contributed by atoms with E-state index in [0.29, 0.717) is 29.9 Å². The first-order chi connectivity index (χ1) is 18.2. The average molecular weight is 549 g/mol. The highest BCUT2D eigenvalue weighted by Gasteiger charge is 2.35. The molecule has 2 atom stereocenters. The Balaban J connectivity index is 0.00000353. The van der Waals surface area contributed by atoms with Gasteiger partial charge in [-0.1, -0.05) is 24.3 Å². The van der Waals surface area contributed by atoms with Crippen LogP contribution in [0.2, 0.25) is 0 Å². The van der Waals surface area contributed by atoms with E-state index in [1.807, 2.05) is 18.2 Å². The number of imidazole rings is 1. The fourth-order valence-corrected chi connectivity index (χ4v) is 4.88. The van der Waals surface area contributed by atoms with E-state index in [4.69, 9.17) is 11.0 Å². The number of fused-ring (bicyclic) bond motifs is 1. The Bertz CT molecular complexity index is 1610. The molecule has 9 nitrogen and oxygen atoms in total. The Hall–Kier alpha value is -4.46. The summed E-state index contributed by atoms with van der Waals surface area (Å²) in [5.74, 6) is -1.22. The number of aromatic nitrogens is 2. The van der Waals surface area contributed by atoms with Gasteiger partial charge >= 0.3 is 0 Å². The molecule has 0 aliphatic carbocycles. The van der Waals surface area contributed by atoms with Crippen molar-refractivity contribution >= 4 is 40.7 Å². The molecule has 0 bridgehead atoms. The van der Waals surface area contributed by atoms with E-state index in [2.05, 4.69) is 10.3 Å². The molecule has 1 saturated heterocycles. The molecule has 3 aromatic carbocycles. The van der Waals surface area contributed by atoms with Crippen LogP contribution in [0.25, 0.3) is 10.8 Å². The largest absolute Gasteiger partial charge is 0.508 e. The van der Waals surface area contributed by atoms with Crippen LogP contribution in [0.1, 0.15) is 30.2 Å². The van der Waals surface area contributed by atoms with Gasteiger partial charge in [-0.2, -0.15) is 5.26 Å². The molecule has 1 unspecified atom stereocenters. The number of nitriles is 1. The molecule has 200 valence electrons. The van der Waals surface area contributed by atoms with E-state index in [1.54, 1.807) is 46.7 Å². The minimum Gasteiger partial charge on any atom is -0.508 e. The second-order valence-electron chi connectivity index (χ2n) is 9.50. The molecule has 0 spiro atoms.